The highest BCUT2D eigenvalue weighted by Gasteiger charge is 2.46. The number of aliphatic hydroxyl groups excluding tert-OH is 1. The van der Waals surface area contributed by atoms with Crippen LogP contribution in [0.25, 0.3) is 10.1 Å². The minimum Gasteiger partial charge on any atom is -0.396 e. The molecule has 4 rings (SSSR count). The van der Waals surface area contributed by atoms with E-state index in [9.17, 15) is 14.4 Å². The van der Waals surface area contributed by atoms with Gasteiger partial charge in [0.25, 0.3) is 11.8 Å². The molecule has 1 aliphatic rings. The molecular formula is C27H31N3O4S. The third-order valence-corrected chi connectivity index (χ3v) is 7.55. The van der Waals surface area contributed by atoms with Gasteiger partial charge >= 0.3 is 6.03 Å². The van der Waals surface area contributed by atoms with Crippen LogP contribution in [0.15, 0.2) is 60.7 Å². The van der Waals surface area contributed by atoms with E-state index in [1.54, 1.807) is 0 Å². The smallest absolute Gasteiger partial charge is 0.324 e. The summed E-state index contributed by atoms with van der Waals surface area (Å²) >= 11 is 1.40. The summed E-state index contributed by atoms with van der Waals surface area (Å²) in [5, 5.41) is 15.8. The third kappa shape index (κ3) is 5.89. The number of fused-ring (bicyclic) bond motifs is 1. The van der Waals surface area contributed by atoms with Crippen LogP contribution < -0.4 is 10.6 Å². The van der Waals surface area contributed by atoms with Gasteiger partial charge < -0.3 is 15.7 Å². The fourth-order valence-electron chi connectivity index (χ4n) is 4.55. The van der Waals surface area contributed by atoms with E-state index in [2.05, 4.69) is 10.6 Å². The number of carbonyl (C=O) groups is 3. The Kier molecular flexibility index (Phi) is 8.15. The quantitative estimate of drug-likeness (QED) is 0.391. The van der Waals surface area contributed by atoms with Crippen LogP contribution in [0.2, 0.25) is 0 Å². The van der Waals surface area contributed by atoms with Crippen molar-refractivity contribution in [3.8, 4) is 0 Å². The zero-order chi connectivity index (χ0) is 24.7. The first-order chi connectivity index (χ1) is 17.0. The molecule has 0 aliphatic heterocycles. The lowest BCUT2D eigenvalue weighted by molar-refractivity contribution is -0.134. The fourth-order valence-corrected chi connectivity index (χ4v) is 5.51. The molecule has 35 heavy (non-hydrogen) atoms. The van der Waals surface area contributed by atoms with Crippen LogP contribution in [0.3, 0.4) is 0 Å². The summed E-state index contributed by atoms with van der Waals surface area (Å²) < 4.78 is 1.01. The highest BCUT2D eigenvalue weighted by Crippen LogP contribution is 2.33. The number of hydrogen-bond donors (Lipinski definition) is 3. The second-order valence-corrected chi connectivity index (χ2v) is 9.98. The van der Waals surface area contributed by atoms with Gasteiger partial charge in [-0.1, -0.05) is 61.4 Å². The highest BCUT2D eigenvalue weighted by molar-refractivity contribution is 7.20. The van der Waals surface area contributed by atoms with Crippen molar-refractivity contribution in [3.63, 3.8) is 0 Å². The molecule has 3 N–H and O–H groups in total. The number of urea groups is 1. The normalized spacial score (nSPS) is 14.5. The second-order valence-electron chi connectivity index (χ2n) is 8.89. The summed E-state index contributed by atoms with van der Waals surface area (Å²) in [7, 11) is 0. The number of thiophene rings is 1. The van der Waals surface area contributed by atoms with Gasteiger partial charge in [0, 0.05) is 24.4 Å². The van der Waals surface area contributed by atoms with E-state index in [4.69, 9.17) is 5.11 Å². The monoisotopic (exact) mass is 493 g/mol. The van der Waals surface area contributed by atoms with E-state index in [1.807, 2.05) is 60.7 Å². The van der Waals surface area contributed by atoms with Crippen molar-refractivity contribution >= 4 is 39.3 Å². The zero-order valence-electron chi connectivity index (χ0n) is 19.7. The Morgan fingerprint density at radius 2 is 1.71 bits per heavy atom. The lowest BCUT2D eigenvalue weighted by Crippen LogP contribution is -2.61. The maximum atomic E-state index is 13.9. The van der Waals surface area contributed by atoms with Gasteiger partial charge in [-0.3, -0.25) is 14.5 Å². The number of nitrogens with zero attached hydrogens (tertiary/aromatic N) is 1. The topological polar surface area (TPSA) is 98.7 Å². The zero-order valence-corrected chi connectivity index (χ0v) is 20.5. The Labute approximate surface area is 209 Å². The molecular weight excluding hydrogens is 462 g/mol. The standard InChI is InChI=1S/C27H31N3O4S/c31-18-8-16-28-26(34)30(17-13-20-9-2-1-3-10-20)25(33)27(14-6-7-15-27)29-24(32)23-19-21-11-4-5-12-22(21)35-23/h1-5,9-12,19,31H,6-8,13-18H2,(H,28,34)(H,29,32). The third-order valence-electron chi connectivity index (χ3n) is 6.44. The van der Waals surface area contributed by atoms with Gasteiger partial charge in [0.2, 0.25) is 0 Å². The summed E-state index contributed by atoms with van der Waals surface area (Å²) in [6.07, 6.45) is 3.51. The average Bonchev–Trinajstić information content (AvgIpc) is 3.53. The lowest BCUT2D eigenvalue weighted by Gasteiger charge is -2.34. The molecule has 0 bridgehead atoms. The van der Waals surface area contributed by atoms with Crippen LogP contribution in [0.1, 0.15) is 47.3 Å². The molecule has 0 unspecified atom stereocenters. The molecule has 0 spiro atoms. The summed E-state index contributed by atoms with van der Waals surface area (Å²) in [5.41, 5.74) is -0.0959. The summed E-state index contributed by atoms with van der Waals surface area (Å²) in [6, 6.07) is 18.8. The second kappa shape index (κ2) is 11.5. The van der Waals surface area contributed by atoms with Gasteiger partial charge in [-0.05, 0) is 48.8 Å². The van der Waals surface area contributed by atoms with Gasteiger partial charge in [-0.15, -0.1) is 11.3 Å². The molecule has 1 saturated carbocycles. The Bertz CT molecular complexity index is 1140. The Morgan fingerprint density at radius 3 is 2.43 bits per heavy atom. The molecule has 4 amide bonds. The van der Waals surface area contributed by atoms with E-state index in [0.29, 0.717) is 30.6 Å². The van der Waals surface area contributed by atoms with Gasteiger partial charge in [0.05, 0.1) is 4.88 Å². The van der Waals surface area contributed by atoms with Crippen LogP contribution in [0.5, 0.6) is 0 Å². The van der Waals surface area contributed by atoms with Gasteiger partial charge in [0.1, 0.15) is 5.54 Å². The molecule has 0 radical (unpaired) electrons. The van der Waals surface area contributed by atoms with Crippen molar-refractivity contribution in [3.05, 3.63) is 71.1 Å². The predicted octanol–water partition coefficient (Wildman–Crippen LogP) is 4.11. The number of carbonyl (C=O) groups excluding carboxylic acids is 3. The first-order valence-corrected chi connectivity index (χ1v) is 12.9. The first kappa shape index (κ1) is 24.9. The van der Waals surface area contributed by atoms with Gasteiger partial charge in [0.15, 0.2) is 0 Å². The maximum absolute atomic E-state index is 13.9. The molecule has 2 aromatic carbocycles. The van der Waals surface area contributed by atoms with Crippen LogP contribution in [0, 0.1) is 0 Å². The first-order valence-electron chi connectivity index (χ1n) is 12.1. The molecule has 1 aromatic heterocycles. The van der Waals surface area contributed by atoms with E-state index in [-0.39, 0.29) is 31.5 Å². The minimum absolute atomic E-state index is 0.0482. The Hall–Kier alpha value is -3.23. The van der Waals surface area contributed by atoms with Crippen molar-refractivity contribution in [2.75, 3.05) is 19.7 Å². The number of nitrogens with one attached hydrogen (secondary N) is 2. The highest BCUT2D eigenvalue weighted by atomic mass is 32.1. The van der Waals surface area contributed by atoms with Gasteiger partial charge in [-0.25, -0.2) is 4.79 Å². The van der Waals surface area contributed by atoms with Gasteiger partial charge in [-0.2, -0.15) is 0 Å². The van der Waals surface area contributed by atoms with E-state index in [1.165, 1.54) is 16.2 Å². The van der Waals surface area contributed by atoms with Crippen LogP contribution in [-0.4, -0.2) is 53.1 Å². The van der Waals surface area contributed by atoms with Crippen LogP contribution >= 0.6 is 11.3 Å². The van der Waals surface area contributed by atoms with Crippen molar-refractivity contribution in [2.24, 2.45) is 0 Å². The summed E-state index contributed by atoms with van der Waals surface area (Å²) in [4.78, 5) is 42.0. The SMILES string of the molecule is O=C(NC1(C(=O)N(CCc2ccccc2)C(=O)NCCCO)CCCC1)c1cc2ccccc2s1. The molecule has 184 valence electrons. The summed E-state index contributed by atoms with van der Waals surface area (Å²) in [5.74, 6) is -0.660. The van der Waals surface area contributed by atoms with Crippen molar-refractivity contribution in [2.45, 2.75) is 44.1 Å². The molecule has 8 heteroatoms. The molecule has 1 aliphatic carbocycles. The predicted molar refractivity (Wildman–Crippen MR) is 137 cm³/mol. The Morgan fingerprint density at radius 1 is 1.00 bits per heavy atom. The number of benzene rings is 2. The van der Waals surface area contributed by atoms with Crippen molar-refractivity contribution in [1.82, 2.24) is 15.5 Å². The maximum Gasteiger partial charge on any atom is 0.324 e. The molecule has 1 heterocycles. The molecule has 3 aromatic rings. The molecule has 0 saturated heterocycles. The number of hydrogen-bond acceptors (Lipinski definition) is 5. The van der Waals surface area contributed by atoms with E-state index >= 15 is 0 Å². The number of rotatable bonds is 9. The Balaban J connectivity index is 1.55. The fraction of sp³-hybridized carbons (Fsp3) is 0.370. The number of aliphatic hydroxyl groups is 1. The van der Waals surface area contributed by atoms with Crippen molar-refractivity contribution in [1.29, 1.82) is 0 Å². The van der Waals surface area contributed by atoms with Crippen LogP contribution in [-0.2, 0) is 11.2 Å². The molecule has 0 atom stereocenters. The van der Waals surface area contributed by atoms with Crippen molar-refractivity contribution < 1.29 is 19.5 Å². The van der Waals surface area contributed by atoms with E-state index < -0.39 is 11.6 Å². The largest absolute Gasteiger partial charge is 0.396 e. The average molecular weight is 494 g/mol. The molecule has 7 nitrogen and oxygen atoms in total. The number of amides is 4. The molecule has 1 fully saturated rings. The summed E-state index contributed by atoms with van der Waals surface area (Å²) in [6.45, 7) is 0.424. The van der Waals surface area contributed by atoms with E-state index in [0.717, 1.165) is 28.5 Å². The lowest BCUT2D eigenvalue weighted by atomic mass is 9.94. The van der Waals surface area contributed by atoms with Crippen LogP contribution in [0.4, 0.5) is 4.79 Å². The minimum atomic E-state index is -1.11. The number of imide groups is 1.